The van der Waals surface area contributed by atoms with Gasteiger partial charge in [-0.3, -0.25) is 4.57 Å². The lowest BCUT2D eigenvalue weighted by atomic mass is 10.1. The molecule has 0 saturated carbocycles. The van der Waals surface area contributed by atoms with Gasteiger partial charge in [-0.15, -0.1) is 0 Å². The molecule has 2 aromatic carbocycles. The molecule has 1 heterocycles. The molecule has 0 bridgehead atoms. The minimum Gasteiger partial charge on any atom is -0.478 e. The molecule has 6 heteroatoms. The molecule has 0 amide bonds. The molecule has 0 aliphatic carbocycles. The number of hydrogen-bond acceptors (Lipinski definition) is 2. The third kappa shape index (κ3) is 1.91. The average molecular weight is 274 g/mol. The van der Waals surface area contributed by atoms with Crippen molar-refractivity contribution in [2.45, 2.75) is 0 Å². The van der Waals surface area contributed by atoms with Gasteiger partial charge in [0.15, 0.2) is 0 Å². The Hall–Kier alpha value is -2.76. The quantitative estimate of drug-likeness (QED) is 0.781. The van der Waals surface area contributed by atoms with E-state index in [0.717, 1.165) is 18.2 Å². The van der Waals surface area contributed by atoms with Crippen LogP contribution >= 0.6 is 0 Å². The maximum atomic E-state index is 13.3. The first kappa shape index (κ1) is 12.3. The minimum absolute atomic E-state index is 0.0182. The van der Waals surface area contributed by atoms with Crippen LogP contribution in [0, 0.1) is 11.6 Å². The number of aromatic nitrogens is 2. The molecule has 20 heavy (non-hydrogen) atoms. The van der Waals surface area contributed by atoms with Crippen LogP contribution in [0.1, 0.15) is 10.4 Å². The highest BCUT2D eigenvalue weighted by molar-refractivity contribution is 6.01. The zero-order chi connectivity index (χ0) is 14.3. The third-order valence-corrected chi connectivity index (χ3v) is 2.92. The SMILES string of the molecule is O=C(O)c1cccc2ncn(-c3cc(F)cc(F)c3)c12. The molecule has 3 rings (SSSR count). The summed E-state index contributed by atoms with van der Waals surface area (Å²) in [5, 5.41) is 9.19. The summed E-state index contributed by atoms with van der Waals surface area (Å²) in [4.78, 5) is 15.3. The highest BCUT2D eigenvalue weighted by Crippen LogP contribution is 2.23. The monoisotopic (exact) mass is 274 g/mol. The van der Waals surface area contributed by atoms with Crippen LogP contribution in [-0.2, 0) is 0 Å². The molecule has 0 atom stereocenters. The number of benzene rings is 2. The van der Waals surface area contributed by atoms with Crippen molar-refractivity contribution in [3.63, 3.8) is 0 Å². The number of imidazole rings is 1. The topological polar surface area (TPSA) is 55.1 Å². The standard InChI is InChI=1S/C14H8F2N2O2/c15-8-4-9(16)6-10(5-8)18-7-17-12-3-1-2-11(13(12)18)14(19)20/h1-7H,(H,19,20). The summed E-state index contributed by atoms with van der Waals surface area (Å²) in [6.45, 7) is 0. The van der Waals surface area contributed by atoms with Gasteiger partial charge in [-0.1, -0.05) is 6.07 Å². The molecular formula is C14H8F2N2O2. The van der Waals surface area contributed by atoms with E-state index in [4.69, 9.17) is 0 Å². The van der Waals surface area contributed by atoms with Gasteiger partial charge in [-0.05, 0) is 24.3 Å². The van der Waals surface area contributed by atoms with Crippen molar-refractivity contribution in [1.82, 2.24) is 9.55 Å². The molecule has 3 aromatic rings. The smallest absolute Gasteiger partial charge is 0.337 e. The van der Waals surface area contributed by atoms with Crippen LogP contribution in [0.5, 0.6) is 0 Å². The molecule has 0 fully saturated rings. The van der Waals surface area contributed by atoms with Crippen molar-refractivity contribution in [1.29, 1.82) is 0 Å². The number of fused-ring (bicyclic) bond motifs is 1. The maximum absolute atomic E-state index is 13.3. The Labute approximate surface area is 111 Å². The number of halogens is 2. The summed E-state index contributed by atoms with van der Waals surface area (Å²) in [6, 6.07) is 7.59. The van der Waals surface area contributed by atoms with Crippen LogP contribution in [0.25, 0.3) is 16.7 Å². The Morgan fingerprint density at radius 3 is 2.50 bits per heavy atom. The first-order valence-corrected chi connectivity index (χ1v) is 5.72. The Balaban J connectivity index is 2.34. The summed E-state index contributed by atoms with van der Waals surface area (Å²) in [5.41, 5.74) is 0.933. The second-order valence-electron chi connectivity index (χ2n) is 4.22. The number of aromatic carboxylic acids is 1. The molecule has 0 unspecified atom stereocenters. The fourth-order valence-electron chi connectivity index (χ4n) is 2.11. The van der Waals surface area contributed by atoms with Crippen LogP contribution in [0.2, 0.25) is 0 Å². The lowest BCUT2D eigenvalue weighted by Gasteiger charge is -2.07. The van der Waals surface area contributed by atoms with Crippen LogP contribution in [0.3, 0.4) is 0 Å². The predicted octanol–water partition coefficient (Wildman–Crippen LogP) is 3.00. The summed E-state index contributed by atoms with van der Waals surface area (Å²) < 4.78 is 27.9. The van der Waals surface area contributed by atoms with E-state index in [9.17, 15) is 18.7 Å². The minimum atomic E-state index is -1.13. The lowest BCUT2D eigenvalue weighted by Crippen LogP contribution is -2.02. The van der Waals surface area contributed by atoms with Crippen LogP contribution < -0.4 is 0 Å². The van der Waals surface area contributed by atoms with Crippen LogP contribution in [-0.4, -0.2) is 20.6 Å². The molecule has 1 N–H and O–H groups in total. The predicted molar refractivity (Wildman–Crippen MR) is 67.9 cm³/mol. The Bertz CT molecular complexity index is 807. The molecule has 100 valence electrons. The summed E-state index contributed by atoms with van der Waals surface area (Å²) >= 11 is 0. The second-order valence-corrected chi connectivity index (χ2v) is 4.22. The number of hydrogen-bond donors (Lipinski definition) is 1. The van der Waals surface area contributed by atoms with E-state index in [1.165, 1.54) is 17.0 Å². The second kappa shape index (κ2) is 4.41. The normalized spacial score (nSPS) is 10.9. The zero-order valence-electron chi connectivity index (χ0n) is 10.0. The van der Waals surface area contributed by atoms with E-state index in [1.54, 1.807) is 12.1 Å². The number of carboxylic acid groups (broad SMARTS) is 1. The fraction of sp³-hybridized carbons (Fsp3) is 0. The lowest BCUT2D eigenvalue weighted by molar-refractivity contribution is 0.0698. The molecule has 1 aromatic heterocycles. The summed E-state index contributed by atoms with van der Waals surface area (Å²) in [5.74, 6) is -2.61. The van der Waals surface area contributed by atoms with Crippen molar-refractivity contribution in [3.8, 4) is 5.69 Å². The van der Waals surface area contributed by atoms with E-state index in [2.05, 4.69) is 4.98 Å². The number of rotatable bonds is 2. The Morgan fingerprint density at radius 2 is 1.85 bits per heavy atom. The first-order chi connectivity index (χ1) is 9.56. The summed E-state index contributed by atoms with van der Waals surface area (Å²) in [6.07, 6.45) is 1.34. The van der Waals surface area contributed by atoms with Crippen molar-refractivity contribution in [3.05, 3.63) is 59.9 Å². The van der Waals surface area contributed by atoms with Crippen molar-refractivity contribution >= 4 is 17.0 Å². The van der Waals surface area contributed by atoms with Gasteiger partial charge < -0.3 is 5.11 Å². The van der Waals surface area contributed by atoms with Gasteiger partial charge in [0.2, 0.25) is 0 Å². The van der Waals surface area contributed by atoms with Crippen molar-refractivity contribution in [2.24, 2.45) is 0 Å². The molecular weight excluding hydrogens is 266 g/mol. The van der Waals surface area contributed by atoms with Crippen LogP contribution in [0.15, 0.2) is 42.7 Å². The van der Waals surface area contributed by atoms with Gasteiger partial charge in [0, 0.05) is 6.07 Å². The fourth-order valence-corrected chi connectivity index (χ4v) is 2.11. The number of nitrogens with zero attached hydrogens (tertiary/aromatic N) is 2. The van der Waals surface area contributed by atoms with Gasteiger partial charge in [-0.2, -0.15) is 0 Å². The molecule has 0 spiro atoms. The van der Waals surface area contributed by atoms with Gasteiger partial charge >= 0.3 is 5.97 Å². The van der Waals surface area contributed by atoms with Gasteiger partial charge in [0.25, 0.3) is 0 Å². The van der Waals surface area contributed by atoms with Gasteiger partial charge in [0.1, 0.15) is 18.0 Å². The van der Waals surface area contributed by atoms with Crippen molar-refractivity contribution < 1.29 is 18.7 Å². The maximum Gasteiger partial charge on any atom is 0.337 e. The first-order valence-electron chi connectivity index (χ1n) is 5.72. The Morgan fingerprint density at radius 1 is 1.15 bits per heavy atom. The molecule has 0 radical (unpaired) electrons. The van der Waals surface area contributed by atoms with E-state index >= 15 is 0 Å². The summed E-state index contributed by atoms with van der Waals surface area (Å²) in [7, 11) is 0. The molecule has 0 aliphatic heterocycles. The van der Waals surface area contributed by atoms with E-state index in [0.29, 0.717) is 11.0 Å². The van der Waals surface area contributed by atoms with E-state index in [-0.39, 0.29) is 11.3 Å². The van der Waals surface area contributed by atoms with Gasteiger partial charge in [0.05, 0.1) is 22.3 Å². The highest BCUT2D eigenvalue weighted by atomic mass is 19.1. The number of para-hydroxylation sites is 1. The Kier molecular flexibility index (Phi) is 2.71. The zero-order valence-corrected chi connectivity index (χ0v) is 10.0. The van der Waals surface area contributed by atoms with E-state index < -0.39 is 17.6 Å². The average Bonchev–Trinajstić information content (AvgIpc) is 2.80. The third-order valence-electron chi connectivity index (χ3n) is 2.92. The molecule has 0 saturated heterocycles. The van der Waals surface area contributed by atoms with E-state index in [1.807, 2.05) is 0 Å². The van der Waals surface area contributed by atoms with Gasteiger partial charge in [-0.25, -0.2) is 18.6 Å². The van der Waals surface area contributed by atoms with Crippen LogP contribution in [0.4, 0.5) is 8.78 Å². The molecule has 4 nitrogen and oxygen atoms in total. The number of carbonyl (C=O) groups is 1. The highest BCUT2D eigenvalue weighted by Gasteiger charge is 2.15. The number of carboxylic acids is 1. The van der Waals surface area contributed by atoms with Crippen molar-refractivity contribution in [2.75, 3.05) is 0 Å². The molecule has 0 aliphatic rings. The largest absolute Gasteiger partial charge is 0.478 e.